The van der Waals surface area contributed by atoms with E-state index in [1.165, 1.54) is 5.56 Å². The highest BCUT2D eigenvalue weighted by Crippen LogP contribution is 2.17. The number of carbonyl (C=O) groups is 1. The summed E-state index contributed by atoms with van der Waals surface area (Å²) in [4.78, 5) is 15.0. The van der Waals surface area contributed by atoms with Gasteiger partial charge in [0.05, 0.1) is 0 Å². The van der Waals surface area contributed by atoms with E-state index in [1.807, 2.05) is 12.1 Å². The third kappa shape index (κ3) is 8.51. The zero-order valence-corrected chi connectivity index (χ0v) is 17.2. The van der Waals surface area contributed by atoms with E-state index in [-0.39, 0.29) is 24.2 Å². The molecular formula is C18H29BrClN3O2. The average Bonchev–Trinajstić information content (AvgIpc) is 2.59. The van der Waals surface area contributed by atoms with Gasteiger partial charge < -0.3 is 15.4 Å². The van der Waals surface area contributed by atoms with Crippen LogP contribution in [0.25, 0.3) is 0 Å². The molecule has 1 heterocycles. The number of nitrogens with one attached hydrogen (secondary N) is 2. The minimum Gasteiger partial charge on any atom is -0.385 e. The molecule has 0 spiro atoms. The van der Waals surface area contributed by atoms with Crippen LogP contribution in [0.4, 0.5) is 0 Å². The molecule has 0 aliphatic carbocycles. The molecule has 1 fully saturated rings. The first-order valence-electron chi connectivity index (χ1n) is 8.63. The van der Waals surface area contributed by atoms with Crippen molar-refractivity contribution < 1.29 is 9.53 Å². The van der Waals surface area contributed by atoms with Gasteiger partial charge in [-0.15, -0.1) is 12.4 Å². The third-order valence-corrected chi connectivity index (χ3v) is 4.84. The monoisotopic (exact) mass is 433 g/mol. The first kappa shape index (κ1) is 22.4. The number of piperazine rings is 1. The smallest absolute Gasteiger partial charge is 0.223 e. The molecule has 0 radical (unpaired) electrons. The molecule has 142 valence electrons. The molecular weight excluding hydrogens is 406 g/mol. The molecule has 25 heavy (non-hydrogen) atoms. The van der Waals surface area contributed by atoms with Gasteiger partial charge in [-0.3, -0.25) is 9.69 Å². The number of benzene rings is 1. The van der Waals surface area contributed by atoms with E-state index in [0.717, 1.165) is 50.0 Å². The Morgan fingerprint density at radius 3 is 2.84 bits per heavy atom. The number of hydrogen-bond acceptors (Lipinski definition) is 4. The summed E-state index contributed by atoms with van der Waals surface area (Å²) in [6.07, 6.45) is 1.48. The third-order valence-electron chi connectivity index (χ3n) is 4.35. The summed E-state index contributed by atoms with van der Waals surface area (Å²) in [5, 5.41) is 6.45. The largest absolute Gasteiger partial charge is 0.385 e. The molecule has 1 aliphatic heterocycles. The average molecular weight is 435 g/mol. The van der Waals surface area contributed by atoms with Gasteiger partial charge in [-0.2, -0.15) is 0 Å². The van der Waals surface area contributed by atoms with Gasteiger partial charge in [0.25, 0.3) is 0 Å². The van der Waals surface area contributed by atoms with Gasteiger partial charge in [-0.25, -0.2) is 0 Å². The van der Waals surface area contributed by atoms with Gasteiger partial charge in [-0.1, -0.05) is 28.1 Å². The molecule has 1 aliphatic rings. The summed E-state index contributed by atoms with van der Waals surface area (Å²) >= 11 is 3.49. The highest BCUT2D eigenvalue weighted by atomic mass is 79.9. The summed E-state index contributed by atoms with van der Waals surface area (Å²) in [6.45, 7) is 6.41. The number of ether oxygens (including phenoxy) is 1. The minimum atomic E-state index is -0.0535. The van der Waals surface area contributed by atoms with E-state index in [2.05, 4.69) is 43.6 Å². The zero-order valence-electron chi connectivity index (χ0n) is 14.8. The maximum absolute atomic E-state index is 12.6. The second-order valence-corrected chi connectivity index (χ2v) is 7.11. The first-order chi connectivity index (χ1) is 11.7. The molecule has 1 aromatic carbocycles. The van der Waals surface area contributed by atoms with Crippen LogP contribution in [0, 0.1) is 5.92 Å². The second-order valence-electron chi connectivity index (χ2n) is 6.20. The molecule has 7 heteroatoms. The van der Waals surface area contributed by atoms with Crippen LogP contribution in [-0.4, -0.2) is 63.8 Å². The summed E-state index contributed by atoms with van der Waals surface area (Å²) < 4.78 is 6.23. The van der Waals surface area contributed by atoms with E-state index in [0.29, 0.717) is 13.2 Å². The SMILES string of the molecule is COCCC(Cc1cccc(Br)c1)C(=O)NCCN1CCNCC1.Cl. The van der Waals surface area contributed by atoms with Crippen molar-refractivity contribution in [3.63, 3.8) is 0 Å². The lowest BCUT2D eigenvalue weighted by Crippen LogP contribution is -2.46. The quantitative estimate of drug-likeness (QED) is 0.625. The van der Waals surface area contributed by atoms with E-state index in [1.54, 1.807) is 7.11 Å². The molecule has 5 nitrogen and oxygen atoms in total. The number of halogens is 2. The van der Waals surface area contributed by atoms with E-state index in [4.69, 9.17) is 4.74 Å². The van der Waals surface area contributed by atoms with Gasteiger partial charge in [0.15, 0.2) is 0 Å². The van der Waals surface area contributed by atoms with E-state index < -0.39 is 0 Å². The van der Waals surface area contributed by atoms with Crippen molar-refractivity contribution in [2.24, 2.45) is 5.92 Å². The topological polar surface area (TPSA) is 53.6 Å². The molecule has 2 N–H and O–H groups in total. The van der Waals surface area contributed by atoms with Crippen LogP contribution in [0.2, 0.25) is 0 Å². The molecule has 1 saturated heterocycles. The number of nitrogens with zero attached hydrogens (tertiary/aromatic N) is 1. The maximum Gasteiger partial charge on any atom is 0.223 e. The lowest BCUT2D eigenvalue weighted by Gasteiger charge is -2.27. The van der Waals surface area contributed by atoms with Crippen LogP contribution >= 0.6 is 28.3 Å². The molecule has 1 amide bonds. The number of carbonyl (C=O) groups excluding carboxylic acids is 1. The standard InChI is InChI=1S/C18H28BrN3O2.ClH/c1-24-12-5-16(13-15-3-2-4-17(19)14-15)18(23)21-8-11-22-9-6-20-7-10-22;/h2-4,14,16,20H,5-13H2,1H3,(H,21,23);1H. The van der Waals surface area contributed by atoms with Crippen molar-refractivity contribution in [2.75, 3.05) is 53.0 Å². The summed E-state index contributed by atoms with van der Waals surface area (Å²) in [6, 6.07) is 8.16. The molecule has 1 aromatic rings. The Balaban J connectivity index is 0.00000312. The van der Waals surface area contributed by atoms with Crippen molar-refractivity contribution in [3.05, 3.63) is 34.3 Å². The second kappa shape index (κ2) is 12.7. The van der Waals surface area contributed by atoms with Crippen molar-refractivity contribution in [1.82, 2.24) is 15.5 Å². The van der Waals surface area contributed by atoms with E-state index in [9.17, 15) is 4.79 Å². The Labute approximate surface area is 165 Å². The lowest BCUT2D eigenvalue weighted by molar-refractivity contribution is -0.125. The van der Waals surface area contributed by atoms with Crippen LogP contribution in [0.5, 0.6) is 0 Å². The predicted octanol–water partition coefficient (Wildman–Crippen LogP) is 2.09. The molecule has 0 aromatic heterocycles. The van der Waals surface area contributed by atoms with Crippen LogP contribution < -0.4 is 10.6 Å². The van der Waals surface area contributed by atoms with Crippen molar-refractivity contribution in [1.29, 1.82) is 0 Å². The fraction of sp³-hybridized carbons (Fsp3) is 0.611. The molecule has 0 bridgehead atoms. The molecule has 2 rings (SSSR count). The van der Waals surface area contributed by atoms with Crippen molar-refractivity contribution >= 4 is 34.2 Å². The Morgan fingerprint density at radius 2 is 2.16 bits per heavy atom. The number of hydrogen-bond donors (Lipinski definition) is 2. The Bertz CT molecular complexity index is 513. The zero-order chi connectivity index (χ0) is 17.2. The Morgan fingerprint density at radius 1 is 1.40 bits per heavy atom. The fourth-order valence-corrected chi connectivity index (χ4v) is 3.40. The highest BCUT2D eigenvalue weighted by molar-refractivity contribution is 9.10. The Kier molecular flexibility index (Phi) is 11.3. The first-order valence-corrected chi connectivity index (χ1v) is 9.42. The van der Waals surface area contributed by atoms with Gasteiger partial charge in [0, 0.05) is 63.4 Å². The highest BCUT2D eigenvalue weighted by Gasteiger charge is 2.19. The fourth-order valence-electron chi connectivity index (χ4n) is 2.95. The predicted molar refractivity (Wildman–Crippen MR) is 107 cm³/mol. The van der Waals surface area contributed by atoms with E-state index >= 15 is 0 Å². The van der Waals surface area contributed by atoms with Crippen LogP contribution in [0.1, 0.15) is 12.0 Å². The summed E-state index contributed by atoms with van der Waals surface area (Å²) in [5.74, 6) is 0.0735. The minimum absolute atomic E-state index is 0. The Hall–Kier alpha value is -0.660. The molecule has 1 unspecified atom stereocenters. The maximum atomic E-state index is 12.6. The van der Waals surface area contributed by atoms with Crippen LogP contribution in [-0.2, 0) is 16.0 Å². The van der Waals surface area contributed by atoms with Gasteiger partial charge in [0.1, 0.15) is 0 Å². The van der Waals surface area contributed by atoms with Gasteiger partial charge in [0.2, 0.25) is 5.91 Å². The lowest BCUT2D eigenvalue weighted by atomic mass is 9.95. The number of methoxy groups -OCH3 is 1. The number of amides is 1. The summed E-state index contributed by atoms with van der Waals surface area (Å²) in [7, 11) is 1.68. The van der Waals surface area contributed by atoms with Gasteiger partial charge >= 0.3 is 0 Å². The van der Waals surface area contributed by atoms with Crippen molar-refractivity contribution in [2.45, 2.75) is 12.8 Å². The van der Waals surface area contributed by atoms with Crippen LogP contribution in [0.3, 0.4) is 0 Å². The van der Waals surface area contributed by atoms with Gasteiger partial charge in [-0.05, 0) is 30.5 Å². The number of rotatable bonds is 9. The molecule has 1 atom stereocenters. The van der Waals surface area contributed by atoms with Crippen molar-refractivity contribution in [3.8, 4) is 0 Å². The normalized spacial score (nSPS) is 16.1. The van der Waals surface area contributed by atoms with Crippen LogP contribution in [0.15, 0.2) is 28.7 Å². The summed E-state index contributed by atoms with van der Waals surface area (Å²) in [5.41, 5.74) is 1.17. The molecule has 0 saturated carbocycles.